The van der Waals surface area contributed by atoms with Crippen molar-refractivity contribution in [3.63, 3.8) is 0 Å². The van der Waals surface area contributed by atoms with Crippen LogP contribution in [-0.4, -0.2) is 29.7 Å². The Bertz CT molecular complexity index is 801. The number of alkyl halides is 2. The summed E-state index contributed by atoms with van der Waals surface area (Å²) in [6, 6.07) is 6.08. The molecule has 4 nitrogen and oxygen atoms in total. The largest absolute Gasteiger partial charge is 0.481 e. The molecule has 0 aromatic heterocycles. The zero-order valence-electron chi connectivity index (χ0n) is 12.4. The maximum absolute atomic E-state index is 14.7. The molecule has 1 aromatic carbocycles. The first-order chi connectivity index (χ1) is 11.4. The normalized spacial score (nSPS) is 26.4. The van der Waals surface area contributed by atoms with Gasteiger partial charge in [-0.2, -0.15) is 0 Å². The summed E-state index contributed by atoms with van der Waals surface area (Å²) in [6.45, 7) is 0.00140. The Morgan fingerprint density at radius 3 is 2.88 bits per heavy atom. The van der Waals surface area contributed by atoms with Crippen molar-refractivity contribution in [2.24, 2.45) is 0 Å². The van der Waals surface area contributed by atoms with Crippen LogP contribution in [0.5, 0.6) is 5.75 Å². The zero-order valence-corrected chi connectivity index (χ0v) is 13.1. The van der Waals surface area contributed by atoms with E-state index in [0.717, 1.165) is 0 Å². The molecule has 2 atom stereocenters. The Balaban J connectivity index is 2.12. The first-order valence-electron chi connectivity index (χ1n) is 7.19. The standard InChI is InChI=1S/C17H12ClF2NO3/c1-2-8-24-11-5-3-4-10(9-11)17(18)13(19)7-6-12-14(17)16(23)21(20)15(12)22/h1,3-5,9,13H,6-8H2. The van der Waals surface area contributed by atoms with Gasteiger partial charge in [0.2, 0.25) is 0 Å². The lowest BCUT2D eigenvalue weighted by molar-refractivity contribution is -0.153. The number of hydrogen-bond donors (Lipinski definition) is 0. The van der Waals surface area contributed by atoms with Crippen LogP contribution in [0.15, 0.2) is 35.4 Å². The molecule has 1 aromatic rings. The first-order valence-corrected chi connectivity index (χ1v) is 7.57. The van der Waals surface area contributed by atoms with Crippen LogP contribution in [0.3, 0.4) is 0 Å². The molecule has 1 aliphatic heterocycles. The number of halogens is 3. The van der Waals surface area contributed by atoms with Crippen molar-refractivity contribution < 1.29 is 23.2 Å². The minimum atomic E-state index is -1.95. The smallest absolute Gasteiger partial charge is 0.288 e. The number of rotatable bonds is 3. The fraction of sp³-hybridized carbons (Fsp3) is 0.294. The molecule has 0 spiro atoms. The predicted octanol–water partition coefficient (Wildman–Crippen LogP) is 2.81. The van der Waals surface area contributed by atoms with Gasteiger partial charge in [0.05, 0.1) is 5.57 Å². The summed E-state index contributed by atoms with van der Waals surface area (Å²) in [4.78, 5) is 22.0. The van der Waals surface area contributed by atoms with Crippen LogP contribution < -0.4 is 4.74 Å². The van der Waals surface area contributed by atoms with Gasteiger partial charge in [0.15, 0.2) is 0 Å². The number of terminal acetylenes is 1. The van der Waals surface area contributed by atoms with E-state index in [-0.39, 0.29) is 36.2 Å². The van der Waals surface area contributed by atoms with Crippen LogP contribution in [0.1, 0.15) is 18.4 Å². The monoisotopic (exact) mass is 351 g/mol. The molecule has 1 aliphatic carbocycles. The van der Waals surface area contributed by atoms with Gasteiger partial charge in [-0.25, -0.2) is 4.39 Å². The van der Waals surface area contributed by atoms with E-state index in [9.17, 15) is 18.5 Å². The Hall–Kier alpha value is -2.39. The van der Waals surface area contributed by atoms with Gasteiger partial charge >= 0.3 is 0 Å². The van der Waals surface area contributed by atoms with E-state index in [1.807, 2.05) is 0 Å². The lowest BCUT2D eigenvalue weighted by Crippen LogP contribution is -2.39. The van der Waals surface area contributed by atoms with E-state index >= 15 is 0 Å². The minimum absolute atomic E-state index is 0.00140. The number of hydrogen-bond acceptors (Lipinski definition) is 3. The van der Waals surface area contributed by atoms with Crippen LogP contribution in [0.4, 0.5) is 8.87 Å². The molecule has 0 fully saturated rings. The third-order valence-corrected chi connectivity index (χ3v) is 4.79. The molecule has 2 aliphatic rings. The molecule has 2 unspecified atom stereocenters. The highest BCUT2D eigenvalue weighted by Crippen LogP contribution is 2.51. The van der Waals surface area contributed by atoms with E-state index in [0.29, 0.717) is 5.75 Å². The van der Waals surface area contributed by atoms with E-state index in [1.165, 1.54) is 12.1 Å². The maximum Gasteiger partial charge on any atom is 0.288 e. The highest BCUT2D eigenvalue weighted by molar-refractivity contribution is 6.33. The molecule has 124 valence electrons. The molecule has 0 saturated heterocycles. The second kappa shape index (κ2) is 5.91. The van der Waals surface area contributed by atoms with Crippen molar-refractivity contribution in [2.45, 2.75) is 23.9 Å². The Morgan fingerprint density at radius 1 is 1.42 bits per heavy atom. The number of benzene rings is 1. The third kappa shape index (κ3) is 2.28. The van der Waals surface area contributed by atoms with Gasteiger partial charge in [0.1, 0.15) is 23.4 Å². The summed E-state index contributed by atoms with van der Waals surface area (Å²) >= 11 is 6.49. The van der Waals surface area contributed by atoms with Crippen molar-refractivity contribution in [3.05, 3.63) is 41.0 Å². The van der Waals surface area contributed by atoms with Gasteiger partial charge in [-0.05, 0) is 30.5 Å². The summed E-state index contributed by atoms with van der Waals surface area (Å²) in [5.41, 5.74) is -0.222. The van der Waals surface area contributed by atoms with Gasteiger partial charge in [0, 0.05) is 5.57 Å². The summed E-state index contributed by atoms with van der Waals surface area (Å²) in [5, 5.41) is -0.515. The second-order valence-corrected chi connectivity index (χ2v) is 6.08. The van der Waals surface area contributed by atoms with E-state index in [1.54, 1.807) is 12.1 Å². The zero-order chi connectivity index (χ0) is 17.5. The van der Waals surface area contributed by atoms with Crippen molar-refractivity contribution in [3.8, 4) is 18.1 Å². The highest BCUT2D eigenvalue weighted by Gasteiger charge is 2.56. The average molecular weight is 352 g/mol. The molecule has 0 radical (unpaired) electrons. The Morgan fingerprint density at radius 2 is 2.17 bits per heavy atom. The van der Waals surface area contributed by atoms with Crippen LogP contribution in [0, 0.1) is 12.3 Å². The second-order valence-electron chi connectivity index (χ2n) is 5.48. The molecule has 0 saturated carbocycles. The number of ether oxygens (including phenoxy) is 1. The van der Waals surface area contributed by atoms with Gasteiger partial charge in [-0.1, -0.05) is 22.5 Å². The molecule has 1 heterocycles. The third-order valence-electron chi connectivity index (χ3n) is 4.15. The molecule has 0 bridgehead atoms. The fourth-order valence-corrected chi connectivity index (χ4v) is 3.46. The summed E-state index contributed by atoms with van der Waals surface area (Å²) in [6.07, 6.45) is 3.33. The number of imide groups is 1. The first kappa shape index (κ1) is 16.5. The van der Waals surface area contributed by atoms with Gasteiger partial charge < -0.3 is 4.74 Å². The molecular formula is C17H12ClF2NO3. The van der Waals surface area contributed by atoms with Crippen molar-refractivity contribution in [1.29, 1.82) is 0 Å². The topological polar surface area (TPSA) is 46.6 Å². The van der Waals surface area contributed by atoms with Crippen LogP contribution >= 0.6 is 11.6 Å². The Kier molecular flexibility index (Phi) is 4.06. The SMILES string of the molecule is C#CCOc1cccc(C2(Cl)C3=C(CCC2F)C(=O)N(F)C3=O)c1. The quantitative estimate of drug-likeness (QED) is 0.364. The Labute approximate surface area is 142 Å². The predicted molar refractivity (Wildman–Crippen MR) is 82.4 cm³/mol. The molecule has 0 N–H and O–H groups in total. The average Bonchev–Trinajstić information content (AvgIpc) is 2.81. The van der Waals surface area contributed by atoms with Gasteiger partial charge in [0.25, 0.3) is 11.8 Å². The van der Waals surface area contributed by atoms with Gasteiger partial charge in [-0.15, -0.1) is 23.1 Å². The lowest BCUT2D eigenvalue weighted by Gasteiger charge is -2.35. The number of carbonyl (C=O) groups excluding carboxylic acids is 2. The van der Waals surface area contributed by atoms with Crippen molar-refractivity contribution in [2.75, 3.05) is 6.61 Å². The molecule has 3 rings (SSSR count). The lowest BCUT2D eigenvalue weighted by atomic mass is 9.77. The van der Waals surface area contributed by atoms with Gasteiger partial charge in [-0.3, -0.25) is 9.59 Å². The fourth-order valence-electron chi connectivity index (χ4n) is 3.04. The summed E-state index contributed by atoms with van der Waals surface area (Å²) in [7, 11) is 0. The number of amides is 2. The minimum Gasteiger partial charge on any atom is -0.481 e. The van der Waals surface area contributed by atoms with Crippen LogP contribution in [0.25, 0.3) is 0 Å². The highest BCUT2D eigenvalue weighted by atomic mass is 35.5. The molecule has 2 amide bonds. The molecule has 7 heteroatoms. The van der Waals surface area contributed by atoms with Crippen molar-refractivity contribution >= 4 is 23.4 Å². The van der Waals surface area contributed by atoms with Crippen LogP contribution in [0.2, 0.25) is 0 Å². The summed E-state index contributed by atoms with van der Waals surface area (Å²) < 4.78 is 33.7. The van der Waals surface area contributed by atoms with E-state index in [2.05, 4.69) is 5.92 Å². The van der Waals surface area contributed by atoms with E-state index < -0.39 is 28.0 Å². The molecular weight excluding hydrogens is 340 g/mol. The maximum atomic E-state index is 14.7. The van der Waals surface area contributed by atoms with E-state index in [4.69, 9.17) is 22.8 Å². The summed E-state index contributed by atoms with van der Waals surface area (Å²) in [5.74, 6) is 0.331. The van der Waals surface area contributed by atoms with Crippen LogP contribution in [-0.2, 0) is 14.5 Å². The van der Waals surface area contributed by atoms with Crippen molar-refractivity contribution in [1.82, 2.24) is 5.12 Å². The number of carbonyl (C=O) groups is 2. The number of nitrogens with zero attached hydrogens (tertiary/aromatic N) is 1. The molecule has 24 heavy (non-hydrogen) atoms.